The van der Waals surface area contributed by atoms with E-state index in [4.69, 9.17) is 28.9 Å². The van der Waals surface area contributed by atoms with Gasteiger partial charge < -0.3 is 5.73 Å². The molecule has 0 aliphatic carbocycles. The summed E-state index contributed by atoms with van der Waals surface area (Å²) in [7, 11) is 0. The maximum Gasteiger partial charge on any atom is 0.220 e. The number of rotatable bonds is 2. The molecule has 7 heteroatoms. The third kappa shape index (κ3) is 2.85. The highest BCUT2D eigenvalue weighted by Crippen LogP contribution is 2.23. The summed E-state index contributed by atoms with van der Waals surface area (Å²) in [5.41, 5.74) is 8.67. The quantitative estimate of drug-likeness (QED) is 0.862. The molecule has 0 saturated carbocycles. The first-order valence-electron chi connectivity index (χ1n) is 6.24. The Labute approximate surface area is 126 Å². The molecule has 1 aliphatic rings. The highest BCUT2D eigenvalue weighted by Gasteiger charge is 2.19. The molecule has 2 aromatic rings. The Balaban J connectivity index is 1.77. The van der Waals surface area contributed by atoms with Gasteiger partial charge in [0, 0.05) is 49.6 Å². The fraction of sp³-hybridized carbons (Fsp3) is 0.308. The minimum atomic E-state index is 0.333. The maximum absolute atomic E-state index is 6.10. The first kappa shape index (κ1) is 13.5. The number of hydrogen-bond donors (Lipinski definition) is 1. The van der Waals surface area contributed by atoms with Crippen LogP contribution in [0.15, 0.2) is 18.5 Å². The van der Waals surface area contributed by atoms with E-state index < -0.39 is 0 Å². The Morgan fingerprint density at radius 3 is 2.95 bits per heavy atom. The number of nitrogen functional groups attached to an aromatic ring is 1. The van der Waals surface area contributed by atoms with Crippen molar-refractivity contribution in [2.24, 2.45) is 0 Å². The van der Waals surface area contributed by atoms with Gasteiger partial charge >= 0.3 is 0 Å². The van der Waals surface area contributed by atoms with Gasteiger partial charge in [0.15, 0.2) is 0 Å². The Morgan fingerprint density at radius 2 is 2.10 bits per heavy atom. The van der Waals surface area contributed by atoms with Crippen molar-refractivity contribution in [1.29, 1.82) is 0 Å². The lowest BCUT2D eigenvalue weighted by molar-refractivity contribution is 0.243. The van der Waals surface area contributed by atoms with E-state index in [1.165, 1.54) is 0 Å². The highest BCUT2D eigenvalue weighted by atomic mass is 35.5. The van der Waals surface area contributed by atoms with Gasteiger partial charge in [-0.15, -0.1) is 0 Å². The molecule has 3 rings (SSSR count). The van der Waals surface area contributed by atoms with Crippen molar-refractivity contribution < 1.29 is 0 Å². The number of pyridine rings is 1. The van der Waals surface area contributed by atoms with E-state index in [1.54, 1.807) is 12.4 Å². The molecule has 2 N–H and O–H groups in total. The van der Waals surface area contributed by atoms with Crippen molar-refractivity contribution in [3.8, 4) is 0 Å². The second kappa shape index (κ2) is 5.52. The lowest BCUT2D eigenvalue weighted by Crippen LogP contribution is -2.31. The van der Waals surface area contributed by atoms with Crippen molar-refractivity contribution in [3.63, 3.8) is 0 Å². The minimum Gasteiger partial charge on any atom is -0.368 e. The fourth-order valence-electron chi connectivity index (χ4n) is 2.34. The number of halogens is 2. The van der Waals surface area contributed by atoms with Gasteiger partial charge in [-0.1, -0.05) is 23.2 Å². The first-order chi connectivity index (χ1) is 9.61. The second-order valence-corrected chi connectivity index (χ2v) is 5.56. The van der Waals surface area contributed by atoms with Crippen LogP contribution in [0.1, 0.15) is 16.8 Å². The summed E-state index contributed by atoms with van der Waals surface area (Å²) in [6.07, 6.45) is 4.20. The van der Waals surface area contributed by atoms with Gasteiger partial charge in [0.25, 0.3) is 0 Å². The van der Waals surface area contributed by atoms with Gasteiger partial charge in [0.05, 0.1) is 10.7 Å². The van der Waals surface area contributed by atoms with Gasteiger partial charge in [-0.25, -0.2) is 15.0 Å². The summed E-state index contributed by atoms with van der Waals surface area (Å²) in [4.78, 5) is 14.6. The fourth-order valence-corrected chi connectivity index (χ4v) is 2.68. The molecule has 0 atom stereocenters. The average molecular weight is 310 g/mol. The molecule has 0 saturated heterocycles. The summed E-state index contributed by atoms with van der Waals surface area (Å²) in [5.74, 6) is 0.333. The molecular weight excluding hydrogens is 297 g/mol. The maximum atomic E-state index is 6.10. The van der Waals surface area contributed by atoms with E-state index in [0.717, 1.165) is 36.3 Å². The lowest BCUT2D eigenvalue weighted by atomic mass is 10.1. The molecule has 0 radical (unpaired) electrons. The first-order valence-corrected chi connectivity index (χ1v) is 7.00. The average Bonchev–Trinajstić information content (AvgIpc) is 2.43. The Kier molecular flexibility index (Phi) is 3.74. The van der Waals surface area contributed by atoms with Gasteiger partial charge in [-0.2, -0.15) is 0 Å². The monoisotopic (exact) mass is 309 g/mol. The number of aromatic nitrogens is 3. The van der Waals surface area contributed by atoms with Crippen LogP contribution in [0.4, 0.5) is 5.95 Å². The Morgan fingerprint density at radius 1 is 1.25 bits per heavy atom. The van der Waals surface area contributed by atoms with E-state index in [0.29, 0.717) is 22.7 Å². The molecule has 1 aliphatic heterocycles. The molecule has 0 aromatic carbocycles. The third-order valence-electron chi connectivity index (χ3n) is 3.30. The predicted molar refractivity (Wildman–Crippen MR) is 78.5 cm³/mol. The number of hydrogen-bond acceptors (Lipinski definition) is 5. The van der Waals surface area contributed by atoms with Crippen LogP contribution in [-0.4, -0.2) is 26.4 Å². The topological polar surface area (TPSA) is 67.9 Å². The molecule has 0 bridgehead atoms. The normalized spacial score (nSPS) is 15.1. The molecule has 0 fully saturated rings. The molecule has 0 unspecified atom stereocenters. The standard InChI is InChI=1S/C13H13Cl2N5/c14-10-3-8(12(15)17-5-10)6-20-2-1-11-9(7-20)4-18-13(16)19-11/h3-5H,1-2,6-7H2,(H2,16,18,19). The van der Waals surface area contributed by atoms with Crippen LogP contribution in [0.2, 0.25) is 10.2 Å². The molecule has 0 amide bonds. The zero-order valence-corrected chi connectivity index (χ0v) is 12.2. The summed E-state index contributed by atoms with van der Waals surface area (Å²) < 4.78 is 0. The third-order valence-corrected chi connectivity index (χ3v) is 3.85. The summed E-state index contributed by atoms with van der Waals surface area (Å²) >= 11 is 12.1. The van der Waals surface area contributed by atoms with Gasteiger partial charge in [0.2, 0.25) is 5.95 Å². The number of fused-ring (bicyclic) bond motifs is 1. The summed E-state index contributed by atoms with van der Waals surface area (Å²) in [5, 5.41) is 1.09. The predicted octanol–water partition coefficient (Wildman–Crippen LogP) is 2.32. The van der Waals surface area contributed by atoms with E-state index in [-0.39, 0.29) is 0 Å². The van der Waals surface area contributed by atoms with Crippen LogP contribution >= 0.6 is 23.2 Å². The van der Waals surface area contributed by atoms with E-state index in [2.05, 4.69) is 19.9 Å². The smallest absolute Gasteiger partial charge is 0.220 e. The van der Waals surface area contributed by atoms with E-state index in [9.17, 15) is 0 Å². The van der Waals surface area contributed by atoms with Crippen molar-refractivity contribution in [2.75, 3.05) is 12.3 Å². The van der Waals surface area contributed by atoms with Crippen molar-refractivity contribution in [3.05, 3.63) is 45.5 Å². The number of nitrogens with two attached hydrogens (primary N) is 1. The SMILES string of the molecule is Nc1ncc2c(n1)CCN(Cc1cc(Cl)cnc1Cl)C2. The van der Waals surface area contributed by atoms with Crippen LogP contribution in [-0.2, 0) is 19.5 Å². The molecule has 5 nitrogen and oxygen atoms in total. The minimum absolute atomic E-state index is 0.333. The van der Waals surface area contributed by atoms with Crippen LogP contribution in [0, 0.1) is 0 Å². The van der Waals surface area contributed by atoms with Gasteiger partial charge in [0.1, 0.15) is 5.15 Å². The molecule has 3 heterocycles. The summed E-state index contributed by atoms with van der Waals surface area (Å²) in [6.45, 7) is 2.38. The van der Waals surface area contributed by atoms with Crippen LogP contribution in [0.25, 0.3) is 0 Å². The Bertz CT molecular complexity index is 647. The van der Waals surface area contributed by atoms with Crippen molar-refractivity contribution in [2.45, 2.75) is 19.5 Å². The lowest BCUT2D eigenvalue weighted by Gasteiger charge is -2.28. The van der Waals surface area contributed by atoms with E-state index in [1.807, 2.05) is 6.07 Å². The van der Waals surface area contributed by atoms with Crippen LogP contribution < -0.4 is 5.73 Å². The van der Waals surface area contributed by atoms with Gasteiger partial charge in [-0.3, -0.25) is 4.90 Å². The van der Waals surface area contributed by atoms with Crippen LogP contribution in [0.5, 0.6) is 0 Å². The molecule has 2 aromatic heterocycles. The van der Waals surface area contributed by atoms with Crippen molar-refractivity contribution in [1.82, 2.24) is 19.9 Å². The van der Waals surface area contributed by atoms with Crippen molar-refractivity contribution >= 4 is 29.2 Å². The zero-order valence-electron chi connectivity index (χ0n) is 10.7. The zero-order chi connectivity index (χ0) is 14.1. The number of anilines is 1. The second-order valence-electron chi connectivity index (χ2n) is 4.76. The van der Waals surface area contributed by atoms with Crippen LogP contribution in [0.3, 0.4) is 0 Å². The molecular formula is C13H13Cl2N5. The highest BCUT2D eigenvalue weighted by molar-refractivity contribution is 6.32. The molecule has 104 valence electrons. The number of nitrogens with zero attached hydrogens (tertiary/aromatic N) is 4. The van der Waals surface area contributed by atoms with Gasteiger partial charge in [-0.05, 0) is 6.07 Å². The van der Waals surface area contributed by atoms with E-state index >= 15 is 0 Å². The summed E-state index contributed by atoms with van der Waals surface area (Å²) in [6, 6.07) is 1.85. The Hall–Kier alpha value is -1.43. The molecule has 0 spiro atoms. The molecule has 20 heavy (non-hydrogen) atoms. The largest absolute Gasteiger partial charge is 0.368 e.